The number of benzene rings is 2. The minimum absolute atomic E-state index is 0.0242. The van der Waals surface area contributed by atoms with Crippen LogP contribution in [0.1, 0.15) is 42.9 Å². The average Bonchev–Trinajstić information content (AvgIpc) is 2.65. The summed E-state index contributed by atoms with van der Waals surface area (Å²) in [5.41, 5.74) is 2.91. The monoisotopic (exact) mass is 403 g/mol. The van der Waals surface area contributed by atoms with Crippen molar-refractivity contribution in [2.75, 3.05) is 18.9 Å². The van der Waals surface area contributed by atoms with Crippen LogP contribution in [0.25, 0.3) is 0 Å². The molecule has 2 rings (SSSR count). The van der Waals surface area contributed by atoms with Crippen LogP contribution in [0.3, 0.4) is 0 Å². The zero-order valence-electron chi connectivity index (χ0n) is 16.8. The molecule has 0 aliphatic heterocycles. The smallest absolute Gasteiger partial charge is 0.257 e. The van der Waals surface area contributed by atoms with E-state index in [-0.39, 0.29) is 24.0 Å². The Hall–Kier alpha value is -2.34. The molecule has 0 unspecified atom stereocenters. The first kappa shape index (κ1) is 22.0. The SMILES string of the molecule is Cc1ccc(C(C)C)cc1OCC(=O)NCCCS(=O)(=O)Cc1ccccc1. The molecule has 2 aromatic carbocycles. The topological polar surface area (TPSA) is 72.5 Å². The molecule has 0 fully saturated rings. The number of rotatable bonds is 10. The second-order valence-corrected chi connectivity index (χ2v) is 9.43. The summed E-state index contributed by atoms with van der Waals surface area (Å²) in [7, 11) is -3.19. The largest absolute Gasteiger partial charge is 0.483 e. The third-order valence-electron chi connectivity index (χ3n) is 4.42. The number of amides is 1. The molecule has 0 aliphatic rings. The van der Waals surface area contributed by atoms with Gasteiger partial charge in [0.05, 0.1) is 11.5 Å². The maximum atomic E-state index is 12.1. The fourth-order valence-electron chi connectivity index (χ4n) is 2.75. The number of hydrogen-bond acceptors (Lipinski definition) is 4. The van der Waals surface area contributed by atoms with E-state index in [2.05, 4.69) is 25.2 Å². The maximum absolute atomic E-state index is 12.1. The van der Waals surface area contributed by atoms with Gasteiger partial charge in [-0.3, -0.25) is 4.79 Å². The van der Waals surface area contributed by atoms with Gasteiger partial charge >= 0.3 is 0 Å². The summed E-state index contributed by atoms with van der Waals surface area (Å²) in [6.45, 7) is 6.37. The molecule has 1 N–H and O–H groups in total. The Balaban J connectivity index is 1.72. The normalized spacial score (nSPS) is 11.4. The average molecular weight is 404 g/mol. The van der Waals surface area contributed by atoms with E-state index < -0.39 is 9.84 Å². The Labute approximate surface area is 168 Å². The number of sulfone groups is 1. The lowest BCUT2D eigenvalue weighted by Crippen LogP contribution is -2.30. The molecule has 152 valence electrons. The minimum Gasteiger partial charge on any atom is -0.483 e. The number of nitrogens with one attached hydrogen (secondary N) is 1. The van der Waals surface area contributed by atoms with Gasteiger partial charge in [-0.15, -0.1) is 0 Å². The molecule has 2 aromatic rings. The van der Waals surface area contributed by atoms with Gasteiger partial charge in [0.15, 0.2) is 16.4 Å². The van der Waals surface area contributed by atoms with Crippen LogP contribution >= 0.6 is 0 Å². The van der Waals surface area contributed by atoms with E-state index >= 15 is 0 Å². The van der Waals surface area contributed by atoms with Crippen molar-refractivity contribution in [2.45, 2.75) is 38.9 Å². The number of aryl methyl sites for hydroxylation is 1. The van der Waals surface area contributed by atoms with Crippen molar-refractivity contribution < 1.29 is 17.9 Å². The van der Waals surface area contributed by atoms with Gasteiger partial charge in [-0.2, -0.15) is 0 Å². The van der Waals surface area contributed by atoms with Gasteiger partial charge < -0.3 is 10.1 Å². The quantitative estimate of drug-likeness (QED) is 0.615. The van der Waals surface area contributed by atoms with Gasteiger partial charge in [0, 0.05) is 6.54 Å². The number of ether oxygens (including phenoxy) is 1. The molecule has 0 saturated heterocycles. The Morgan fingerprint density at radius 3 is 2.50 bits per heavy atom. The van der Waals surface area contributed by atoms with Crippen molar-refractivity contribution >= 4 is 15.7 Å². The first-order valence-corrected chi connectivity index (χ1v) is 11.3. The van der Waals surface area contributed by atoms with Gasteiger partial charge in [0.25, 0.3) is 5.91 Å². The molecule has 5 nitrogen and oxygen atoms in total. The van der Waals surface area contributed by atoms with Crippen molar-refractivity contribution in [3.8, 4) is 5.75 Å². The van der Waals surface area contributed by atoms with E-state index in [1.807, 2.05) is 37.3 Å². The second-order valence-electron chi connectivity index (χ2n) is 7.25. The van der Waals surface area contributed by atoms with Crippen LogP contribution < -0.4 is 10.1 Å². The zero-order chi connectivity index (χ0) is 20.6. The van der Waals surface area contributed by atoms with E-state index in [4.69, 9.17) is 4.74 Å². The van der Waals surface area contributed by atoms with E-state index in [1.165, 1.54) is 0 Å². The van der Waals surface area contributed by atoms with Crippen LogP contribution in [0.5, 0.6) is 5.75 Å². The first-order valence-electron chi connectivity index (χ1n) is 9.51. The summed E-state index contributed by atoms with van der Waals surface area (Å²) in [5.74, 6) is 0.894. The Bertz CT molecular complexity index is 877. The summed E-state index contributed by atoms with van der Waals surface area (Å²) < 4.78 is 29.9. The van der Waals surface area contributed by atoms with Gasteiger partial charge in [-0.25, -0.2) is 8.42 Å². The van der Waals surface area contributed by atoms with E-state index in [0.717, 1.165) is 16.7 Å². The van der Waals surface area contributed by atoms with Crippen molar-refractivity contribution in [3.63, 3.8) is 0 Å². The third-order valence-corrected chi connectivity index (χ3v) is 6.11. The fourth-order valence-corrected chi connectivity index (χ4v) is 4.17. The highest BCUT2D eigenvalue weighted by molar-refractivity contribution is 7.90. The molecule has 0 atom stereocenters. The number of carbonyl (C=O) groups excluding carboxylic acids is 1. The molecular formula is C22H29NO4S. The Kier molecular flexibility index (Phi) is 8.05. The predicted octanol–water partition coefficient (Wildman–Crippen LogP) is 3.62. The van der Waals surface area contributed by atoms with Crippen molar-refractivity contribution in [3.05, 3.63) is 65.2 Å². The molecule has 0 heterocycles. The second kappa shape index (κ2) is 10.3. The molecule has 1 amide bonds. The van der Waals surface area contributed by atoms with Gasteiger partial charge in [-0.1, -0.05) is 56.3 Å². The predicted molar refractivity (Wildman–Crippen MR) is 112 cm³/mol. The van der Waals surface area contributed by atoms with Gasteiger partial charge in [-0.05, 0) is 42.0 Å². The van der Waals surface area contributed by atoms with Crippen LogP contribution in [0, 0.1) is 6.92 Å². The summed E-state index contributed by atoms with van der Waals surface area (Å²) in [5, 5.41) is 2.72. The molecule has 0 bridgehead atoms. The molecule has 0 aliphatic carbocycles. The fraction of sp³-hybridized carbons (Fsp3) is 0.409. The molecule has 0 radical (unpaired) electrons. The standard InChI is InChI=1S/C22H29NO4S/c1-17(2)20-11-10-18(3)21(14-20)27-15-22(24)23-12-7-13-28(25,26)16-19-8-5-4-6-9-19/h4-6,8-11,14,17H,7,12-13,15-16H2,1-3H3,(H,23,24). The van der Waals surface area contributed by atoms with Gasteiger partial charge in [0.2, 0.25) is 0 Å². The van der Waals surface area contributed by atoms with Crippen LogP contribution in [-0.4, -0.2) is 33.2 Å². The number of carbonyl (C=O) groups is 1. The maximum Gasteiger partial charge on any atom is 0.257 e. The zero-order valence-corrected chi connectivity index (χ0v) is 17.6. The van der Waals surface area contributed by atoms with Crippen molar-refractivity contribution in [2.24, 2.45) is 0 Å². The minimum atomic E-state index is -3.19. The highest BCUT2D eigenvalue weighted by Gasteiger charge is 2.12. The first-order chi connectivity index (χ1) is 13.3. The van der Waals surface area contributed by atoms with Crippen molar-refractivity contribution in [1.29, 1.82) is 0 Å². The summed E-state index contributed by atoms with van der Waals surface area (Å²) in [4.78, 5) is 12.0. The van der Waals surface area contributed by atoms with E-state index in [1.54, 1.807) is 12.1 Å². The Morgan fingerprint density at radius 1 is 1.11 bits per heavy atom. The van der Waals surface area contributed by atoms with Gasteiger partial charge in [0.1, 0.15) is 5.75 Å². The van der Waals surface area contributed by atoms with Crippen molar-refractivity contribution in [1.82, 2.24) is 5.32 Å². The van der Waals surface area contributed by atoms with E-state index in [0.29, 0.717) is 24.6 Å². The number of hydrogen-bond donors (Lipinski definition) is 1. The van der Waals surface area contributed by atoms with Crippen LogP contribution in [-0.2, 0) is 20.4 Å². The third kappa shape index (κ3) is 7.35. The van der Waals surface area contributed by atoms with Crippen LogP contribution in [0.2, 0.25) is 0 Å². The lowest BCUT2D eigenvalue weighted by Gasteiger charge is -2.13. The molecular weight excluding hydrogens is 374 g/mol. The summed E-state index contributed by atoms with van der Waals surface area (Å²) >= 11 is 0. The molecule has 0 aromatic heterocycles. The highest BCUT2D eigenvalue weighted by atomic mass is 32.2. The summed E-state index contributed by atoms with van der Waals surface area (Å²) in [6, 6.07) is 15.1. The molecule has 6 heteroatoms. The van der Waals surface area contributed by atoms with Crippen LogP contribution in [0.15, 0.2) is 48.5 Å². The summed E-state index contributed by atoms with van der Waals surface area (Å²) in [6.07, 6.45) is 0.378. The highest BCUT2D eigenvalue weighted by Crippen LogP contribution is 2.24. The van der Waals surface area contributed by atoms with Crippen LogP contribution in [0.4, 0.5) is 0 Å². The molecule has 28 heavy (non-hydrogen) atoms. The lowest BCUT2D eigenvalue weighted by atomic mass is 10.0. The molecule has 0 saturated carbocycles. The Morgan fingerprint density at radius 2 is 1.82 bits per heavy atom. The van der Waals surface area contributed by atoms with E-state index in [9.17, 15) is 13.2 Å². The lowest BCUT2D eigenvalue weighted by molar-refractivity contribution is -0.123. The molecule has 0 spiro atoms.